The first-order valence-electron chi connectivity index (χ1n) is 12.9. The zero-order valence-electron chi connectivity index (χ0n) is 20.7. The topological polar surface area (TPSA) is 68.9 Å². The van der Waals surface area contributed by atoms with E-state index in [-0.39, 0.29) is 0 Å². The van der Waals surface area contributed by atoms with Crippen molar-refractivity contribution < 1.29 is 5.11 Å². The Labute approximate surface area is 213 Å². The minimum absolute atomic E-state index is 0.307. The summed E-state index contributed by atoms with van der Waals surface area (Å²) in [5.41, 5.74) is 10.7. The van der Waals surface area contributed by atoms with E-state index in [0.29, 0.717) is 11.8 Å². The fraction of sp³-hybridized carbons (Fsp3) is 0.464. The second-order valence-corrected chi connectivity index (χ2v) is 10.9. The lowest BCUT2D eigenvalue weighted by Gasteiger charge is -2.39. The Kier molecular flexibility index (Phi) is 7.56. The average molecular weight is 492 g/mol. The van der Waals surface area contributed by atoms with Crippen molar-refractivity contribution in [2.24, 2.45) is 0 Å². The SMILES string of the molecule is CCCN(CCN1CCN(c2ccc(-c3cccc(O)c3)cc2)CC1)[C@H]1CCc2nc(N)sc2C1. The highest BCUT2D eigenvalue weighted by Gasteiger charge is 2.27. The summed E-state index contributed by atoms with van der Waals surface area (Å²) in [5.74, 6) is 0.307. The Morgan fingerprint density at radius 2 is 1.86 bits per heavy atom. The van der Waals surface area contributed by atoms with Crippen LogP contribution in [-0.4, -0.2) is 71.7 Å². The van der Waals surface area contributed by atoms with Crippen LogP contribution in [0.3, 0.4) is 0 Å². The van der Waals surface area contributed by atoms with Crippen LogP contribution in [0.4, 0.5) is 10.8 Å². The molecule has 1 fully saturated rings. The Hall–Kier alpha value is -2.61. The zero-order valence-corrected chi connectivity index (χ0v) is 21.5. The standard InChI is InChI=1S/C28H37N5OS/c1-2-12-32(24-10-11-26-27(20-24)35-28(29)30-26)16-13-31-14-17-33(18-15-31)23-8-6-21(7-9-23)22-4-3-5-25(34)19-22/h3-9,19,24,34H,2,10-18,20H2,1H3,(H2,29,30)/t24-/m0/s1. The van der Waals surface area contributed by atoms with Gasteiger partial charge >= 0.3 is 0 Å². The minimum Gasteiger partial charge on any atom is -0.508 e. The zero-order chi connectivity index (χ0) is 24.2. The molecule has 2 heterocycles. The second-order valence-electron chi connectivity index (χ2n) is 9.78. The van der Waals surface area contributed by atoms with Crippen LogP contribution in [0.25, 0.3) is 11.1 Å². The molecule has 35 heavy (non-hydrogen) atoms. The van der Waals surface area contributed by atoms with Crippen molar-refractivity contribution in [1.29, 1.82) is 0 Å². The molecule has 7 heteroatoms. The van der Waals surface area contributed by atoms with Crippen LogP contribution < -0.4 is 10.6 Å². The van der Waals surface area contributed by atoms with Gasteiger partial charge in [0.25, 0.3) is 0 Å². The molecule has 0 spiro atoms. The fourth-order valence-corrected chi connectivity index (χ4v) is 6.45. The van der Waals surface area contributed by atoms with E-state index < -0.39 is 0 Å². The average Bonchev–Trinajstić information content (AvgIpc) is 3.26. The quantitative estimate of drug-likeness (QED) is 0.484. The van der Waals surface area contributed by atoms with Gasteiger partial charge in [-0.15, -0.1) is 11.3 Å². The molecule has 1 aliphatic heterocycles. The van der Waals surface area contributed by atoms with Crippen molar-refractivity contribution in [3.8, 4) is 16.9 Å². The molecule has 0 bridgehead atoms. The molecular formula is C28H37N5OS. The summed E-state index contributed by atoms with van der Waals surface area (Å²) in [5, 5.41) is 10.5. The van der Waals surface area contributed by atoms with E-state index in [2.05, 4.69) is 50.9 Å². The monoisotopic (exact) mass is 491 g/mol. The molecule has 0 amide bonds. The van der Waals surface area contributed by atoms with Crippen molar-refractivity contribution in [3.63, 3.8) is 0 Å². The fourth-order valence-electron chi connectivity index (χ4n) is 5.50. The van der Waals surface area contributed by atoms with Gasteiger partial charge in [0.05, 0.1) is 5.69 Å². The highest BCUT2D eigenvalue weighted by atomic mass is 32.1. The molecule has 0 unspecified atom stereocenters. The number of piperazine rings is 1. The van der Waals surface area contributed by atoms with Gasteiger partial charge in [0.1, 0.15) is 5.75 Å². The molecule has 5 rings (SSSR count). The molecule has 1 saturated heterocycles. The van der Waals surface area contributed by atoms with Crippen LogP contribution in [-0.2, 0) is 12.8 Å². The summed E-state index contributed by atoms with van der Waals surface area (Å²) in [6.07, 6.45) is 4.57. The van der Waals surface area contributed by atoms with Gasteiger partial charge in [-0.1, -0.05) is 31.2 Å². The molecule has 0 radical (unpaired) electrons. The van der Waals surface area contributed by atoms with Crippen LogP contribution >= 0.6 is 11.3 Å². The summed E-state index contributed by atoms with van der Waals surface area (Å²) < 4.78 is 0. The number of phenolic OH excluding ortho intramolecular Hbond substituents is 1. The van der Waals surface area contributed by atoms with Gasteiger partial charge in [0.15, 0.2) is 5.13 Å². The summed E-state index contributed by atoms with van der Waals surface area (Å²) in [6.45, 7) is 10.1. The first-order valence-corrected chi connectivity index (χ1v) is 13.8. The predicted octanol–water partition coefficient (Wildman–Crippen LogP) is 4.49. The van der Waals surface area contributed by atoms with E-state index in [9.17, 15) is 5.11 Å². The Morgan fingerprint density at radius 3 is 2.60 bits per heavy atom. The maximum Gasteiger partial charge on any atom is 0.180 e. The van der Waals surface area contributed by atoms with Crippen molar-refractivity contribution in [3.05, 3.63) is 59.1 Å². The first-order chi connectivity index (χ1) is 17.1. The van der Waals surface area contributed by atoms with Gasteiger partial charge in [-0.05, 0) is 67.6 Å². The molecule has 3 aromatic rings. The highest BCUT2D eigenvalue weighted by molar-refractivity contribution is 7.15. The summed E-state index contributed by atoms with van der Waals surface area (Å²) >= 11 is 1.69. The number of anilines is 2. The molecule has 1 atom stereocenters. The summed E-state index contributed by atoms with van der Waals surface area (Å²) in [4.78, 5) is 13.8. The van der Waals surface area contributed by atoms with E-state index in [0.717, 1.165) is 68.4 Å². The molecule has 186 valence electrons. The lowest BCUT2D eigenvalue weighted by Crippen LogP contribution is -2.50. The van der Waals surface area contributed by atoms with E-state index in [4.69, 9.17) is 5.73 Å². The van der Waals surface area contributed by atoms with Gasteiger partial charge in [-0.3, -0.25) is 9.80 Å². The molecule has 0 saturated carbocycles. The third kappa shape index (κ3) is 5.80. The smallest absolute Gasteiger partial charge is 0.180 e. The number of rotatable bonds is 8. The molecule has 1 aliphatic carbocycles. The first kappa shape index (κ1) is 24.1. The number of nitrogens with two attached hydrogens (primary N) is 1. The Bertz CT molecular complexity index is 1110. The van der Waals surface area contributed by atoms with Crippen LogP contribution in [0.1, 0.15) is 30.3 Å². The number of aryl methyl sites for hydroxylation is 1. The molecule has 2 aliphatic rings. The molecule has 1 aromatic heterocycles. The Balaban J connectivity index is 1.12. The van der Waals surface area contributed by atoms with Gasteiger partial charge in [-0.2, -0.15) is 0 Å². The number of hydrogen-bond donors (Lipinski definition) is 2. The van der Waals surface area contributed by atoms with E-state index in [1.807, 2.05) is 18.2 Å². The second kappa shape index (κ2) is 11.0. The van der Waals surface area contributed by atoms with Gasteiger partial charge in [0.2, 0.25) is 0 Å². The van der Waals surface area contributed by atoms with E-state index >= 15 is 0 Å². The number of thiazole rings is 1. The lowest BCUT2D eigenvalue weighted by molar-refractivity contribution is 0.146. The van der Waals surface area contributed by atoms with Crippen LogP contribution in [0, 0.1) is 0 Å². The maximum atomic E-state index is 9.76. The number of nitrogens with zero attached hydrogens (tertiary/aromatic N) is 4. The van der Waals surface area contributed by atoms with Crippen molar-refractivity contribution in [1.82, 2.24) is 14.8 Å². The summed E-state index contributed by atoms with van der Waals surface area (Å²) in [6, 6.07) is 16.8. The normalized spacial score (nSPS) is 18.7. The number of benzene rings is 2. The molecule has 2 aromatic carbocycles. The van der Waals surface area contributed by atoms with Gasteiger partial charge in [-0.25, -0.2) is 4.98 Å². The van der Waals surface area contributed by atoms with Crippen molar-refractivity contribution >= 4 is 22.2 Å². The van der Waals surface area contributed by atoms with Crippen LogP contribution in [0.15, 0.2) is 48.5 Å². The number of phenols is 1. The third-order valence-electron chi connectivity index (χ3n) is 7.45. The van der Waals surface area contributed by atoms with E-state index in [1.54, 1.807) is 17.4 Å². The lowest BCUT2D eigenvalue weighted by atomic mass is 9.96. The van der Waals surface area contributed by atoms with Crippen LogP contribution in [0.2, 0.25) is 0 Å². The Morgan fingerprint density at radius 1 is 1.06 bits per heavy atom. The van der Waals surface area contributed by atoms with Gasteiger partial charge < -0.3 is 15.7 Å². The number of hydrogen-bond acceptors (Lipinski definition) is 7. The predicted molar refractivity (Wildman–Crippen MR) is 146 cm³/mol. The van der Waals surface area contributed by atoms with Gasteiger partial charge in [0, 0.05) is 55.9 Å². The maximum absolute atomic E-state index is 9.76. The molecule has 6 nitrogen and oxygen atoms in total. The minimum atomic E-state index is 0.307. The van der Waals surface area contributed by atoms with Crippen LogP contribution in [0.5, 0.6) is 5.75 Å². The van der Waals surface area contributed by atoms with E-state index in [1.165, 1.54) is 35.6 Å². The molecular weight excluding hydrogens is 454 g/mol. The van der Waals surface area contributed by atoms with Crippen molar-refractivity contribution in [2.75, 3.05) is 56.4 Å². The highest BCUT2D eigenvalue weighted by Crippen LogP contribution is 2.30. The van der Waals surface area contributed by atoms with Crippen molar-refractivity contribution in [2.45, 2.75) is 38.6 Å². The number of nitrogen functional groups attached to an aromatic ring is 1. The third-order valence-corrected chi connectivity index (χ3v) is 8.39. The largest absolute Gasteiger partial charge is 0.508 e. The summed E-state index contributed by atoms with van der Waals surface area (Å²) in [7, 11) is 0. The number of aromatic hydroxyl groups is 1. The number of aromatic nitrogens is 1. The molecule has 3 N–H and O–H groups in total. The number of fused-ring (bicyclic) bond motifs is 1.